The molecule has 2 aliphatic rings. The van der Waals surface area contributed by atoms with Gasteiger partial charge in [-0.3, -0.25) is 0 Å². The number of H-pyrrole nitrogens is 1. The van der Waals surface area contributed by atoms with Crippen LogP contribution < -0.4 is 26.2 Å². The molecule has 49 heavy (non-hydrogen) atoms. The van der Waals surface area contributed by atoms with Crippen LogP contribution in [0.15, 0.2) is 47.6 Å². The number of nitrogens with zero attached hydrogens (tertiary/aromatic N) is 2. The van der Waals surface area contributed by atoms with Crippen molar-refractivity contribution in [2.45, 2.75) is 27.7 Å². The van der Waals surface area contributed by atoms with Gasteiger partial charge in [-0.25, -0.2) is 0 Å². The first-order chi connectivity index (χ1) is 23.8. The Morgan fingerprint density at radius 2 is 1.49 bits per heavy atom. The predicted octanol–water partition coefficient (Wildman–Crippen LogP) is 3.48. The molecule has 3 heterocycles. The van der Waals surface area contributed by atoms with E-state index in [4.69, 9.17) is 44.7 Å². The number of methoxy groups -OCH3 is 1. The first-order valence-corrected chi connectivity index (χ1v) is 17.0. The zero-order valence-electron chi connectivity index (χ0n) is 29.8. The Labute approximate surface area is 291 Å². The van der Waals surface area contributed by atoms with E-state index in [1.54, 1.807) is 13.3 Å². The van der Waals surface area contributed by atoms with Crippen molar-refractivity contribution in [3.8, 4) is 5.75 Å². The number of allylic oxidation sites excluding steroid dienone is 4. The molecule has 1 aromatic carbocycles. The van der Waals surface area contributed by atoms with Crippen LogP contribution in [0.3, 0.4) is 0 Å². The Bertz CT molecular complexity index is 1450. The van der Waals surface area contributed by atoms with Gasteiger partial charge in [0.1, 0.15) is 6.61 Å². The summed E-state index contributed by atoms with van der Waals surface area (Å²) in [7, 11) is 1.65. The van der Waals surface area contributed by atoms with E-state index >= 15 is 0 Å². The van der Waals surface area contributed by atoms with Crippen molar-refractivity contribution in [1.82, 2.24) is 4.98 Å². The summed E-state index contributed by atoms with van der Waals surface area (Å²) < 4.78 is 40.0. The van der Waals surface area contributed by atoms with Gasteiger partial charge in [-0.15, -0.1) is 0 Å². The number of rotatable bonds is 9. The van der Waals surface area contributed by atoms with E-state index < -0.39 is 0 Å². The molecule has 0 saturated carbocycles. The number of ether oxygens (including phenoxy) is 7. The number of nitrogens with two attached hydrogens (primary N) is 2. The smallest absolute Gasteiger partial charge is 0.377 e. The average molecular weight is 680 g/mol. The summed E-state index contributed by atoms with van der Waals surface area (Å²) in [6, 6.07) is 7.95. The van der Waals surface area contributed by atoms with Crippen molar-refractivity contribution in [2.24, 2.45) is 11.6 Å². The van der Waals surface area contributed by atoms with Crippen molar-refractivity contribution in [1.29, 1.82) is 0 Å². The van der Waals surface area contributed by atoms with E-state index in [0.717, 1.165) is 28.3 Å². The summed E-state index contributed by atoms with van der Waals surface area (Å²) in [4.78, 5) is 5.69. The average Bonchev–Trinajstić information content (AvgIpc) is 3.65. The fraction of sp³-hybridized carbons (Fsp3) is 0.528. The fourth-order valence-corrected chi connectivity index (χ4v) is 5.69. The van der Waals surface area contributed by atoms with E-state index in [1.165, 1.54) is 27.1 Å². The summed E-state index contributed by atoms with van der Waals surface area (Å²) in [6.45, 7) is 17.8. The van der Waals surface area contributed by atoms with E-state index in [-0.39, 0.29) is 0 Å². The van der Waals surface area contributed by atoms with Gasteiger partial charge in [-0.2, -0.15) is 0 Å². The third-order valence-electron chi connectivity index (χ3n) is 8.25. The molecule has 0 unspecified atom stereocenters. The van der Waals surface area contributed by atoms with Crippen LogP contribution in [0.4, 0.5) is 11.5 Å². The number of nitrogens with one attached hydrogen (secondary N) is 1. The molecule has 0 bridgehead atoms. The number of hydrazine groups is 1. The molecule has 0 aliphatic carbocycles. The minimum Gasteiger partial charge on any atom is -0.377 e. The molecule has 1 aromatic heterocycles. The molecule has 5 N–H and O–H groups in total. The molecule has 2 aromatic rings. The molecule has 0 radical (unpaired) electrons. The maximum atomic E-state index is 6.65. The van der Waals surface area contributed by atoms with Crippen molar-refractivity contribution in [3.05, 3.63) is 64.4 Å². The van der Waals surface area contributed by atoms with Crippen molar-refractivity contribution < 1.29 is 33.2 Å². The molecular weight excluding hydrogens is 625 g/mol. The second-order valence-electron chi connectivity index (χ2n) is 12.0. The number of aryl methyl sites for hydroxylation is 1. The van der Waals surface area contributed by atoms with Gasteiger partial charge in [0.05, 0.1) is 72.7 Å². The minimum atomic E-state index is 0.377. The molecule has 4 rings (SSSR count). The van der Waals surface area contributed by atoms with Crippen LogP contribution in [0.5, 0.6) is 5.75 Å². The van der Waals surface area contributed by atoms with Crippen molar-refractivity contribution in [3.63, 3.8) is 0 Å². The Hall–Kier alpha value is -3.43. The van der Waals surface area contributed by atoms with Crippen molar-refractivity contribution in [2.75, 3.05) is 109 Å². The molecule has 0 spiro atoms. The molecule has 12 nitrogen and oxygen atoms in total. The topological polar surface area (TPSA) is 139 Å². The molecule has 2 aliphatic heterocycles. The third kappa shape index (κ3) is 11.8. The first-order valence-electron chi connectivity index (χ1n) is 17.0. The molecule has 268 valence electrons. The van der Waals surface area contributed by atoms with Gasteiger partial charge in [0.15, 0.2) is 0 Å². The van der Waals surface area contributed by atoms with E-state index in [9.17, 15) is 0 Å². The summed E-state index contributed by atoms with van der Waals surface area (Å²) in [5, 5.41) is 1.52. The van der Waals surface area contributed by atoms with Gasteiger partial charge in [-0.05, 0) is 0 Å². The van der Waals surface area contributed by atoms with E-state index in [2.05, 4.69) is 50.6 Å². The number of anilines is 2. The van der Waals surface area contributed by atoms with Gasteiger partial charge >= 0.3 is 159 Å². The first kappa shape index (κ1) is 38.4. The Kier molecular flexibility index (Phi) is 15.9. The Balaban J connectivity index is 1.52. The van der Waals surface area contributed by atoms with Crippen LogP contribution in [0, 0.1) is 6.92 Å². The van der Waals surface area contributed by atoms with Crippen LogP contribution >= 0.6 is 0 Å². The Morgan fingerprint density at radius 1 is 0.898 bits per heavy atom. The predicted molar refractivity (Wildman–Crippen MR) is 197 cm³/mol. The number of benzene rings is 1. The Morgan fingerprint density at radius 3 is 2.04 bits per heavy atom. The van der Waals surface area contributed by atoms with Crippen LogP contribution in [-0.2, 0) is 28.4 Å². The summed E-state index contributed by atoms with van der Waals surface area (Å²) in [5.74, 6) is 7.95. The second kappa shape index (κ2) is 20.3. The molecule has 13 heteroatoms. The van der Waals surface area contributed by atoms with Crippen LogP contribution in [-0.4, -0.2) is 117 Å². The summed E-state index contributed by atoms with van der Waals surface area (Å²) in [6.07, 6.45) is 3.91. The van der Waals surface area contributed by atoms with Crippen LogP contribution in [0.2, 0.25) is 0 Å². The number of hydrogen-bond donors (Lipinski definition) is 3. The van der Waals surface area contributed by atoms with Gasteiger partial charge in [0.25, 0.3) is 0 Å². The zero-order valence-corrected chi connectivity index (χ0v) is 29.8. The number of aromatic nitrogens is 1. The summed E-state index contributed by atoms with van der Waals surface area (Å²) >= 11 is 0. The SMILES string of the molecule is COCCOc1cc(/C(N)=C/N(N)c2cc(C)c(/C(C)=C3\B=C(C)C=C3C)[nH]2)ccc1N1CCOCCOCCOCCOCCOCC1. The fourth-order valence-electron chi connectivity index (χ4n) is 5.69. The molecular formula is C36H54BN5O7. The van der Waals surface area contributed by atoms with E-state index in [0.29, 0.717) is 104 Å². The quantitative estimate of drug-likeness (QED) is 0.156. The molecule has 0 atom stereocenters. The second-order valence-corrected chi connectivity index (χ2v) is 12.0. The number of hydrogen-bond acceptors (Lipinski definition) is 11. The number of aromatic amines is 1. The third-order valence-corrected chi connectivity index (χ3v) is 8.25. The summed E-state index contributed by atoms with van der Waals surface area (Å²) in [5.41, 5.74) is 15.8. The minimum absolute atomic E-state index is 0.377. The van der Waals surface area contributed by atoms with Crippen LogP contribution in [0.1, 0.15) is 37.6 Å². The molecule has 1 fully saturated rings. The normalized spacial score (nSPS) is 19.0. The van der Waals surface area contributed by atoms with Crippen molar-refractivity contribution >= 4 is 35.2 Å². The maximum absolute atomic E-state index is 6.65. The standard InChI is InChI=1S/C36H54BN5O7/c1-26-22-28(3)37-35(26)29(4)36-27(2)23-34(40-36)42(39)25-31(38)30-6-7-32(33(24-30)49-21-12-43-5)41-8-10-44-13-15-46-17-19-48-20-18-47-16-14-45-11-9-41/h6-7,22-25,40H,8-21,38-39H2,1-5H3/b31-25-,35-29-. The van der Waals surface area contributed by atoms with Gasteiger partial charge in [0, 0.05) is 20.2 Å². The molecule has 1 saturated heterocycles. The van der Waals surface area contributed by atoms with E-state index in [1.807, 2.05) is 24.3 Å². The van der Waals surface area contributed by atoms with Gasteiger partial charge < -0.3 is 33.3 Å². The van der Waals surface area contributed by atoms with Gasteiger partial charge in [0.2, 0.25) is 0 Å². The zero-order chi connectivity index (χ0) is 35.0. The molecule has 0 amide bonds. The van der Waals surface area contributed by atoms with Gasteiger partial charge in [-0.1, -0.05) is 0 Å². The van der Waals surface area contributed by atoms with Crippen LogP contribution in [0.25, 0.3) is 11.3 Å². The monoisotopic (exact) mass is 679 g/mol.